The molecule has 0 saturated carbocycles. The van der Waals surface area contributed by atoms with Crippen LogP contribution in [0, 0.1) is 11.6 Å². The number of aryl methyl sites for hydroxylation is 1. The van der Waals surface area contributed by atoms with Gasteiger partial charge < -0.3 is 14.2 Å². The standard InChI is InChI=1S/C15H15F2N3O5/c1-8(14(22)23-3)25-12(21)7-24-15-18-13(20(2)19-15)10-5-4-9(16)6-11(10)17/h4-6,8H,7H2,1-3H3. The lowest BCUT2D eigenvalue weighted by molar-refractivity contribution is -0.165. The molecule has 0 fully saturated rings. The van der Waals surface area contributed by atoms with Crippen molar-refractivity contribution in [2.45, 2.75) is 13.0 Å². The normalized spacial score (nSPS) is 11.7. The first kappa shape index (κ1) is 18.3. The zero-order valence-electron chi connectivity index (χ0n) is 13.7. The van der Waals surface area contributed by atoms with Crippen molar-refractivity contribution in [1.82, 2.24) is 14.8 Å². The molecule has 0 spiro atoms. The summed E-state index contributed by atoms with van der Waals surface area (Å²) in [7, 11) is 2.65. The summed E-state index contributed by atoms with van der Waals surface area (Å²) in [6.45, 7) is 0.787. The van der Waals surface area contributed by atoms with Gasteiger partial charge in [-0.2, -0.15) is 4.98 Å². The van der Waals surface area contributed by atoms with Gasteiger partial charge in [0.1, 0.15) is 11.6 Å². The monoisotopic (exact) mass is 355 g/mol. The van der Waals surface area contributed by atoms with Crippen molar-refractivity contribution in [2.75, 3.05) is 13.7 Å². The lowest BCUT2D eigenvalue weighted by Gasteiger charge is -2.10. The SMILES string of the molecule is COC(=O)C(C)OC(=O)COc1nc(-c2ccc(F)cc2F)n(C)n1. The molecule has 1 heterocycles. The highest BCUT2D eigenvalue weighted by molar-refractivity contribution is 5.79. The molecule has 25 heavy (non-hydrogen) atoms. The average molecular weight is 355 g/mol. The molecule has 0 aliphatic rings. The predicted octanol–water partition coefficient (Wildman–Crippen LogP) is 1.24. The maximum absolute atomic E-state index is 13.8. The first-order chi connectivity index (χ1) is 11.8. The minimum Gasteiger partial charge on any atom is -0.466 e. The van der Waals surface area contributed by atoms with Gasteiger partial charge in [0.25, 0.3) is 0 Å². The second-order valence-electron chi connectivity index (χ2n) is 4.91. The molecule has 1 aromatic carbocycles. The van der Waals surface area contributed by atoms with Crippen molar-refractivity contribution in [3.05, 3.63) is 29.8 Å². The Hall–Kier alpha value is -3.04. The second-order valence-corrected chi connectivity index (χ2v) is 4.91. The molecule has 10 heteroatoms. The van der Waals surface area contributed by atoms with Crippen molar-refractivity contribution >= 4 is 11.9 Å². The van der Waals surface area contributed by atoms with E-state index in [-0.39, 0.29) is 17.4 Å². The summed E-state index contributed by atoms with van der Waals surface area (Å²) >= 11 is 0. The number of hydrogen-bond acceptors (Lipinski definition) is 7. The molecule has 0 N–H and O–H groups in total. The van der Waals surface area contributed by atoms with Crippen molar-refractivity contribution in [1.29, 1.82) is 0 Å². The number of rotatable bonds is 6. The number of benzene rings is 1. The molecule has 0 saturated heterocycles. The van der Waals surface area contributed by atoms with Crippen LogP contribution in [0.2, 0.25) is 0 Å². The zero-order chi connectivity index (χ0) is 18.6. The van der Waals surface area contributed by atoms with E-state index in [1.165, 1.54) is 24.7 Å². The Kier molecular flexibility index (Phi) is 5.63. The van der Waals surface area contributed by atoms with Gasteiger partial charge in [0.2, 0.25) is 0 Å². The van der Waals surface area contributed by atoms with E-state index in [2.05, 4.69) is 14.8 Å². The number of ether oxygens (including phenoxy) is 3. The lowest BCUT2D eigenvalue weighted by atomic mass is 10.2. The summed E-state index contributed by atoms with van der Waals surface area (Å²) in [6, 6.07) is 2.81. The largest absolute Gasteiger partial charge is 0.466 e. The molecule has 0 radical (unpaired) electrons. The third-order valence-corrected chi connectivity index (χ3v) is 3.08. The number of carbonyl (C=O) groups excluding carboxylic acids is 2. The van der Waals surface area contributed by atoms with Crippen LogP contribution in [0.5, 0.6) is 6.01 Å². The van der Waals surface area contributed by atoms with Crippen LogP contribution in [0.25, 0.3) is 11.4 Å². The molecular formula is C15H15F2N3O5. The molecule has 1 aromatic heterocycles. The van der Waals surface area contributed by atoms with Gasteiger partial charge in [-0.15, -0.1) is 5.10 Å². The van der Waals surface area contributed by atoms with Gasteiger partial charge >= 0.3 is 17.9 Å². The fraction of sp³-hybridized carbons (Fsp3) is 0.333. The van der Waals surface area contributed by atoms with Crippen LogP contribution in [-0.2, 0) is 26.1 Å². The number of aromatic nitrogens is 3. The number of halogens is 2. The summed E-state index contributed by atoms with van der Waals surface area (Å²) in [6.07, 6.45) is -1.08. The van der Waals surface area contributed by atoms with E-state index < -0.39 is 36.3 Å². The van der Waals surface area contributed by atoms with Crippen molar-refractivity contribution < 1.29 is 32.6 Å². The quantitative estimate of drug-likeness (QED) is 0.720. The summed E-state index contributed by atoms with van der Waals surface area (Å²) < 4.78 is 42.3. The number of carbonyl (C=O) groups is 2. The number of hydrogen-bond donors (Lipinski definition) is 0. The van der Waals surface area contributed by atoms with Crippen molar-refractivity contribution in [2.24, 2.45) is 7.05 Å². The molecular weight excluding hydrogens is 340 g/mol. The molecule has 1 atom stereocenters. The lowest BCUT2D eigenvalue weighted by Crippen LogP contribution is -2.28. The first-order valence-corrected chi connectivity index (χ1v) is 7.08. The van der Waals surface area contributed by atoms with Gasteiger partial charge in [-0.1, -0.05) is 0 Å². The molecule has 2 aromatic rings. The Morgan fingerprint density at radius 1 is 1.32 bits per heavy atom. The average Bonchev–Trinajstić information content (AvgIpc) is 2.92. The summed E-state index contributed by atoms with van der Waals surface area (Å²) in [5.41, 5.74) is 0.0214. The number of methoxy groups -OCH3 is 1. The van der Waals surface area contributed by atoms with Crippen LogP contribution < -0.4 is 4.74 Å². The zero-order valence-corrected chi connectivity index (χ0v) is 13.7. The van der Waals surface area contributed by atoms with Crippen LogP contribution in [0.4, 0.5) is 8.78 Å². The highest BCUT2D eigenvalue weighted by atomic mass is 19.1. The van der Waals surface area contributed by atoms with Gasteiger partial charge in [-0.05, 0) is 19.1 Å². The van der Waals surface area contributed by atoms with Crippen LogP contribution in [0.1, 0.15) is 6.92 Å². The summed E-state index contributed by atoms with van der Waals surface area (Å²) in [4.78, 5) is 26.7. The van der Waals surface area contributed by atoms with E-state index in [1.54, 1.807) is 0 Å². The van der Waals surface area contributed by atoms with Crippen LogP contribution in [-0.4, -0.2) is 46.5 Å². The summed E-state index contributed by atoms with van der Waals surface area (Å²) in [5.74, 6) is -2.99. The minimum absolute atomic E-state index is 0.0214. The molecule has 2 rings (SSSR count). The van der Waals surface area contributed by atoms with Gasteiger partial charge in [-0.3, -0.25) is 0 Å². The van der Waals surface area contributed by atoms with Gasteiger partial charge in [0.05, 0.1) is 12.7 Å². The Balaban J connectivity index is 2.03. The summed E-state index contributed by atoms with van der Waals surface area (Å²) in [5, 5.41) is 3.88. The Labute approximate surface area is 141 Å². The van der Waals surface area contributed by atoms with Crippen molar-refractivity contribution in [3.63, 3.8) is 0 Å². The molecule has 0 aliphatic heterocycles. The van der Waals surface area contributed by atoms with E-state index in [1.807, 2.05) is 0 Å². The van der Waals surface area contributed by atoms with E-state index in [0.717, 1.165) is 19.2 Å². The Morgan fingerprint density at radius 3 is 2.68 bits per heavy atom. The van der Waals surface area contributed by atoms with E-state index >= 15 is 0 Å². The van der Waals surface area contributed by atoms with E-state index in [0.29, 0.717) is 0 Å². The third-order valence-electron chi connectivity index (χ3n) is 3.08. The molecule has 1 unspecified atom stereocenters. The van der Waals surface area contributed by atoms with Gasteiger partial charge in [0, 0.05) is 13.1 Å². The van der Waals surface area contributed by atoms with E-state index in [9.17, 15) is 18.4 Å². The van der Waals surface area contributed by atoms with Crippen LogP contribution in [0.3, 0.4) is 0 Å². The second kappa shape index (κ2) is 7.69. The van der Waals surface area contributed by atoms with Gasteiger partial charge in [-0.25, -0.2) is 23.1 Å². The maximum Gasteiger partial charge on any atom is 0.346 e. The third kappa shape index (κ3) is 4.49. The molecule has 8 nitrogen and oxygen atoms in total. The van der Waals surface area contributed by atoms with E-state index in [4.69, 9.17) is 9.47 Å². The van der Waals surface area contributed by atoms with Crippen LogP contribution >= 0.6 is 0 Å². The van der Waals surface area contributed by atoms with Gasteiger partial charge in [0.15, 0.2) is 18.5 Å². The van der Waals surface area contributed by atoms with Crippen molar-refractivity contribution in [3.8, 4) is 17.4 Å². The minimum atomic E-state index is -1.08. The molecule has 134 valence electrons. The number of nitrogens with zero attached hydrogens (tertiary/aromatic N) is 3. The smallest absolute Gasteiger partial charge is 0.346 e. The Morgan fingerprint density at radius 2 is 2.04 bits per heavy atom. The predicted molar refractivity (Wildman–Crippen MR) is 79.4 cm³/mol. The fourth-order valence-corrected chi connectivity index (χ4v) is 1.90. The number of esters is 2. The fourth-order valence-electron chi connectivity index (χ4n) is 1.90. The topological polar surface area (TPSA) is 92.5 Å². The molecule has 0 aliphatic carbocycles. The molecule has 0 bridgehead atoms. The maximum atomic E-state index is 13.8. The first-order valence-electron chi connectivity index (χ1n) is 7.08. The highest BCUT2D eigenvalue weighted by Crippen LogP contribution is 2.23. The highest BCUT2D eigenvalue weighted by Gasteiger charge is 2.20. The Bertz CT molecular complexity index is 793. The van der Waals surface area contributed by atoms with Crippen LogP contribution in [0.15, 0.2) is 18.2 Å². The molecule has 0 amide bonds.